The average Bonchev–Trinajstić information content (AvgIpc) is 2.77. The van der Waals surface area contributed by atoms with Gasteiger partial charge in [-0.15, -0.1) is 0 Å². The predicted molar refractivity (Wildman–Crippen MR) is 121 cm³/mol. The minimum absolute atomic E-state index is 0.0385. The number of carbonyl (C=O) groups is 2. The first-order chi connectivity index (χ1) is 14.5. The number of urea groups is 1. The molecule has 3 unspecified atom stereocenters. The van der Waals surface area contributed by atoms with E-state index in [0.717, 1.165) is 36.9 Å². The number of primary amides is 1. The third-order valence-corrected chi connectivity index (χ3v) is 6.19. The number of carbonyl (C=O) groups excluding carboxylic acids is 2. The number of unbranched alkanes of at least 4 members (excludes halogenated alkanes) is 1. The Morgan fingerprint density at radius 1 is 1.07 bits per heavy atom. The summed E-state index contributed by atoms with van der Waals surface area (Å²) < 4.78 is 0. The zero-order valence-electron chi connectivity index (χ0n) is 18.0. The highest BCUT2D eigenvalue weighted by molar-refractivity contribution is 5.93. The van der Waals surface area contributed by atoms with E-state index in [1.54, 1.807) is 4.90 Å². The molecule has 0 aromatic heterocycles. The van der Waals surface area contributed by atoms with E-state index in [1.807, 2.05) is 30.3 Å². The SMILES string of the molecule is CCCCC1C(C(=O)Nc2ccccc2)CC(c2ccc(CC)cc2)CN1C(N)=O. The zero-order chi connectivity index (χ0) is 21.5. The number of hydrogen-bond acceptors (Lipinski definition) is 2. The fourth-order valence-corrected chi connectivity index (χ4v) is 4.46. The minimum Gasteiger partial charge on any atom is -0.351 e. The van der Waals surface area contributed by atoms with Crippen molar-refractivity contribution in [3.05, 3.63) is 65.7 Å². The molecule has 0 spiro atoms. The third kappa shape index (κ3) is 5.21. The van der Waals surface area contributed by atoms with E-state index in [2.05, 4.69) is 43.4 Å². The maximum absolute atomic E-state index is 13.3. The van der Waals surface area contributed by atoms with Gasteiger partial charge in [-0.05, 0) is 42.5 Å². The second kappa shape index (κ2) is 10.3. The van der Waals surface area contributed by atoms with Crippen LogP contribution < -0.4 is 11.1 Å². The van der Waals surface area contributed by atoms with E-state index >= 15 is 0 Å². The van der Waals surface area contributed by atoms with Crippen LogP contribution in [-0.2, 0) is 11.2 Å². The molecule has 1 heterocycles. The number of hydrogen-bond donors (Lipinski definition) is 2. The van der Waals surface area contributed by atoms with Crippen LogP contribution in [0.3, 0.4) is 0 Å². The van der Waals surface area contributed by atoms with E-state index < -0.39 is 6.03 Å². The number of amides is 3. The number of nitrogens with one attached hydrogen (secondary N) is 1. The lowest BCUT2D eigenvalue weighted by Crippen LogP contribution is -2.55. The number of para-hydroxylation sites is 1. The van der Waals surface area contributed by atoms with Crippen LogP contribution in [0.4, 0.5) is 10.5 Å². The number of rotatable bonds is 7. The summed E-state index contributed by atoms with van der Waals surface area (Å²) >= 11 is 0. The van der Waals surface area contributed by atoms with Crippen molar-refractivity contribution in [2.24, 2.45) is 11.7 Å². The lowest BCUT2D eigenvalue weighted by Gasteiger charge is -2.43. The normalized spacial score (nSPS) is 21.3. The molecule has 160 valence electrons. The Morgan fingerprint density at radius 2 is 1.77 bits per heavy atom. The molecular formula is C25H33N3O2. The van der Waals surface area contributed by atoms with E-state index in [1.165, 1.54) is 5.56 Å². The van der Waals surface area contributed by atoms with Gasteiger partial charge in [-0.2, -0.15) is 0 Å². The van der Waals surface area contributed by atoms with Crippen LogP contribution in [-0.4, -0.2) is 29.4 Å². The summed E-state index contributed by atoms with van der Waals surface area (Å²) in [5.74, 6) is -0.245. The first-order valence-electron chi connectivity index (χ1n) is 11.0. The maximum Gasteiger partial charge on any atom is 0.315 e. The summed E-state index contributed by atoms with van der Waals surface area (Å²) in [7, 11) is 0. The number of benzene rings is 2. The summed E-state index contributed by atoms with van der Waals surface area (Å²) in [4.78, 5) is 27.4. The monoisotopic (exact) mass is 407 g/mol. The Balaban J connectivity index is 1.88. The Labute approximate surface area is 179 Å². The summed E-state index contributed by atoms with van der Waals surface area (Å²) in [6.07, 6.45) is 4.45. The fourth-order valence-electron chi connectivity index (χ4n) is 4.46. The molecule has 3 atom stereocenters. The summed E-state index contributed by atoms with van der Waals surface area (Å²) in [6.45, 7) is 4.81. The highest BCUT2D eigenvalue weighted by atomic mass is 16.2. The molecule has 1 saturated heterocycles. The molecule has 1 aliphatic rings. The topological polar surface area (TPSA) is 75.4 Å². The predicted octanol–water partition coefficient (Wildman–Crippen LogP) is 4.93. The maximum atomic E-state index is 13.3. The van der Waals surface area contributed by atoms with Gasteiger partial charge in [-0.1, -0.05) is 69.2 Å². The van der Waals surface area contributed by atoms with Crippen LogP contribution in [0.15, 0.2) is 54.6 Å². The van der Waals surface area contributed by atoms with Crippen molar-refractivity contribution < 1.29 is 9.59 Å². The molecule has 0 radical (unpaired) electrons. The first-order valence-corrected chi connectivity index (χ1v) is 11.0. The van der Waals surface area contributed by atoms with Crippen molar-refractivity contribution >= 4 is 17.6 Å². The molecule has 5 nitrogen and oxygen atoms in total. The molecule has 5 heteroatoms. The van der Waals surface area contributed by atoms with Gasteiger partial charge in [0.1, 0.15) is 0 Å². The Bertz CT molecular complexity index is 835. The molecule has 2 aromatic carbocycles. The van der Waals surface area contributed by atoms with E-state index in [0.29, 0.717) is 13.0 Å². The van der Waals surface area contributed by atoms with E-state index in [4.69, 9.17) is 5.73 Å². The highest BCUT2D eigenvalue weighted by Gasteiger charge is 2.41. The van der Waals surface area contributed by atoms with E-state index in [-0.39, 0.29) is 23.8 Å². The Kier molecular flexibility index (Phi) is 7.50. The Hall–Kier alpha value is -2.82. The molecule has 3 amide bonds. The van der Waals surface area contributed by atoms with Gasteiger partial charge in [-0.3, -0.25) is 4.79 Å². The quantitative estimate of drug-likeness (QED) is 0.683. The number of nitrogens with two attached hydrogens (primary N) is 1. The molecule has 1 fully saturated rings. The summed E-state index contributed by atoms with van der Waals surface area (Å²) in [5.41, 5.74) is 9.00. The standard InChI is InChI=1S/C25H33N3O2/c1-3-5-11-23-22(24(29)27-21-9-7-6-8-10-21)16-20(17-28(23)25(26)30)19-14-12-18(4-2)13-15-19/h6-10,12-15,20,22-23H,3-5,11,16-17H2,1-2H3,(H2,26,30)(H,27,29). The molecule has 0 aliphatic carbocycles. The van der Waals surface area contributed by atoms with E-state index in [9.17, 15) is 9.59 Å². The summed E-state index contributed by atoms with van der Waals surface area (Å²) in [6, 6.07) is 17.4. The molecule has 3 rings (SSSR count). The number of nitrogens with zero attached hydrogens (tertiary/aromatic N) is 1. The second-order valence-corrected chi connectivity index (χ2v) is 8.19. The van der Waals surface area contributed by atoms with Crippen LogP contribution in [0.1, 0.15) is 56.6 Å². The molecule has 3 N–H and O–H groups in total. The van der Waals surface area contributed by atoms with Crippen LogP contribution in [0.2, 0.25) is 0 Å². The van der Waals surface area contributed by atoms with Crippen LogP contribution in [0.25, 0.3) is 0 Å². The Morgan fingerprint density at radius 3 is 2.37 bits per heavy atom. The van der Waals surface area contributed by atoms with Gasteiger partial charge >= 0.3 is 6.03 Å². The fraction of sp³-hybridized carbons (Fsp3) is 0.440. The minimum atomic E-state index is -0.441. The molecule has 0 bridgehead atoms. The van der Waals surface area contributed by atoms with Crippen molar-refractivity contribution in [3.63, 3.8) is 0 Å². The largest absolute Gasteiger partial charge is 0.351 e. The van der Waals surface area contributed by atoms with Gasteiger partial charge in [-0.25, -0.2) is 4.79 Å². The second-order valence-electron chi connectivity index (χ2n) is 8.19. The van der Waals surface area contributed by atoms with Gasteiger partial charge in [0, 0.05) is 24.2 Å². The lowest BCUT2D eigenvalue weighted by molar-refractivity contribution is -0.123. The lowest BCUT2D eigenvalue weighted by atomic mass is 9.77. The molecular weight excluding hydrogens is 374 g/mol. The molecule has 1 aliphatic heterocycles. The average molecular weight is 408 g/mol. The smallest absolute Gasteiger partial charge is 0.315 e. The molecule has 0 saturated carbocycles. The molecule has 2 aromatic rings. The molecule has 30 heavy (non-hydrogen) atoms. The van der Waals surface area contributed by atoms with Gasteiger partial charge in [0.15, 0.2) is 0 Å². The summed E-state index contributed by atoms with van der Waals surface area (Å²) in [5, 5.41) is 3.05. The van der Waals surface area contributed by atoms with Gasteiger partial charge in [0.25, 0.3) is 0 Å². The van der Waals surface area contributed by atoms with Crippen molar-refractivity contribution in [3.8, 4) is 0 Å². The van der Waals surface area contributed by atoms with Crippen molar-refractivity contribution in [1.29, 1.82) is 0 Å². The van der Waals surface area contributed by atoms with Crippen molar-refractivity contribution in [1.82, 2.24) is 4.90 Å². The number of aryl methyl sites for hydroxylation is 1. The number of anilines is 1. The van der Waals surface area contributed by atoms with Crippen LogP contribution in [0, 0.1) is 5.92 Å². The van der Waals surface area contributed by atoms with Gasteiger partial charge < -0.3 is 16.0 Å². The number of likely N-dealkylation sites (tertiary alicyclic amines) is 1. The third-order valence-electron chi connectivity index (χ3n) is 6.19. The van der Waals surface area contributed by atoms with Crippen LogP contribution in [0.5, 0.6) is 0 Å². The first kappa shape index (κ1) is 21.9. The van der Waals surface area contributed by atoms with Gasteiger partial charge in [0.05, 0.1) is 5.92 Å². The van der Waals surface area contributed by atoms with Crippen molar-refractivity contribution in [2.45, 2.75) is 57.9 Å². The van der Waals surface area contributed by atoms with Crippen molar-refractivity contribution in [2.75, 3.05) is 11.9 Å². The zero-order valence-corrected chi connectivity index (χ0v) is 18.0. The van der Waals surface area contributed by atoms with Gasteiger partial charge in [0.2, 0.25) is 5.91 Å². The van der Waals surface area contributed by atoms with Crippen LogP contribution >= 0.6 is 0 Å². The highest BCUT2D eigenvalue weighted by Crippen LogP contribution is 2.37. The number of piperidine rings is 1.